The number of aromatic nitrogens is 1. The zero-order valence-corrected chi connectivity index (χ0v) is 12.9. The number of H-pyrrole nitrogens is 1. The Hall–Kier alpha value is -0.890. The van der Waals surface area contributed by atoms with Crippen LogP contribution in [0.5, 0.6) is 0 Å². The second kappa shape index (κ2) is 6.51. The summed E-state index contributed by atoms with van der Waals surface area (Å²) in [4.78, 5) is 5.13. The van der Waals surface area contributed by atoms with E-state index in [1.54, 1.807) is 6.07 Å². The maximum atomic E-state index is 12.6. The number of likely N-dealkylation sites (N-methyl/N-ethyl adjacent to an activating group) is 2. The Morgan fingerprint density at radius 1 is 1.42 bits per heavy atom. The van der Waals surface area contributed by atoms with Crippen molar-refractivity contribution in [3.8, 4) is 0 Å². The highest BCUT2D eigenvalue weighted by Crippen LogP contribution is 2.19. The fourth-order valence-electron chi connectivity index (χ4n) is 2.16. The molecule has 1 aromatic rings. The van der Waals surface area contributed by atoms with Crippen molar-refractivity contribution in [1.29, 1.82) is 0 Å². The van der Waals surface area contributed by atoms with Crippen molar-refractivity contribution < 1.29 is 8.42 Å². The van der Waals surface area contributed by atoms with Crippen LogP contribution < -0.4 is 5.73 Å². The predicted molar refractivity (Wildman–Crippen MR) is 76.3 cm³/mol. The van der Waals surface area contributed by atoms with Crippen LogP contribution in [-0.2, 0) is 16.6 Å². The maximum absolute atomic E-state index is 12.6. The van der Waals surface area contributed by atoms with Crippen LogP contribution in [0.3, 0.4) is 0 Å². The number of nitrogens with zero attached hydrogens (tertiary/aromatic N) is 2. The summed E-state index contributed by atoms with van der Waals surface area (Å²) in [6.07, 6.45) is 1.50. The number of hydrogen-bond acceptors (Lipinski definition) is 4. The predicted octanol–water partition coefficient (Wildman–Crippen LogP) is 0.434. The lowest BCUT2D eigenvalue weighted by Crippen LogP contribution is -2.43. The number of nitrogens with two attached hydrogens (primary N) is 1. The van der Waals surface area contributed by atoms with Crippen molar-refractivity contribution in [1.82, 2.24) is 14.2 Å². The minimum absolute atomic E-state index is 0.0822. The summed E-state index contributed by atoms with van der Waals surface area (Å²) in [6, 6.07) is 1.52. The minimum atomic E-state index is -3.47. The molecular formula is C12H24N4O2S. The van der Waals surface area contributed by atoms with Crippen molar-refractivity contribution in [3.63, 3.8) is 0 Å². The van der Waals surface area contributed by atoms with Gasteiger partial charge in [-0.3, -0.25) is 0 Å². The Morgan fingerprint density at radius 3 is 2.47 bits per heavy atom. The molecule has 0 bridgehead atoms. The first-order valence-electron chi connectivity index (χ1n) is 6.36. The van der Waals surface area contributed by atoms with Gasteiger partial charge < -0.3 is 15.6 Å². The fraction of sp³-hybridized carbons (Fsp3) is 0.667. The summed E-state index contributed by atoms with van der Waals surface area (Å²) in [5.74, 6) is 0. The molecule has 0 radical (unpaired) electrons. The monoisotopic (exact) mass is 288 g/mol. The summed E-state index contributed by atoms with van der Waals surface area (Å²) in [5.41, 5.74) is 6.21. The first-order valence-corrected chi connectivity index (χ1v) is 7.80. The van der Waals surface area contributed by atoms with Gasteiger partial charge in [0.2, 0.25) is 10.0 Å². The van der Waals surface area contributed by atoms with E-state index in [4.69, 9.17) is 5.73 Å². The molecule has 0 aliphatic heterocycles. The van der Waals surface area contributed by atoms with Gasteiger partial charge in [-0.2, -0.15) is 4.31 Å². The molecule has 1 heterocycles. The molecule has 0 spiro atoms. The van der Waals surface area contributed by atoms with E-state index in [2.05, 4.69) is 4.98 Å². The van der Waals surface area contributed by atoms with Crippen molar-refractivity contribution in [2.75, 3.05) is 27.2 Å². The smallest absolute Gasteiger partial charge is 0.244 e. The highest BCUT2D eigenvalue weighted by Gasteiger charge is 2.28. The number of sulfonamides is 1. The van der Waals surface area contributed by atoms with Crippen molar-refractivity contribution in [2.45, 2.75) is 31.3 Å². The van der Waals surface area contributed by atoms with Crippen LogP contribution in [-0.4, -0.2) is 55.8 Å². The molecular weight excluding hydrogens is 264 g/mol. The molecule has 7 heteroatoms. The normalized spacial score (nSPS) is 14.3. The van der Waals surface area contributed by atoms with Crippen molar-refractivity contribution >= 4 is 10.0 Å². The van der Waals surface area contributed by atoms with Gasteiger partial charge in [0.15, 0.2) is 0 Å². The van der Waals surface area contributed by atoms with E-state index in [0.717, 1.165) is 5.69 Å². The largest absolute Gasteiger partial charge is 0.363 e. The standard InChI is InChI=1S/C12H24N4O2S/c1-5-16(10(2)9-15(3)4)19(17,18)12-6-11(7-13)14-8-12/h6,8,10,14H,5,7,9,13H2,1-4H3. The number of hydrogen-bond donors (Lipinski definition) is 2. The SMILES string of the molecule is CCN(C(C)CN(C)C)S(=O)(=O)c1c[nH]c(CN)c1. The molecule has 1 unspecified atom stereocenters. The third-order valence-corrected chi connectivity index (χ3v) is 5.04. The second-order valence-corrected chi connectivity index (χ2v) is 6.77. The molecule has 0 aromatic carbocycles. The molecule has 1 rings (SSSR count). The van der Waals surface area contributed by atoms with Gasteiger partial charge in [0.1, 0.15) is 0 Å². The van der Waals surface area contributed by atoms with Crippen LogP contribution in [0.15, 0.2) is 17.2 Å². The van der Waals surface area contributed by atoms with Gasteiger partial charge in [0, 0.05) is 37.6 Å². The van der Waals surface area contributed by atoms with Crippen LogP contribution in [0.1, 0.15) is 19.5 Å². The van der Waals surface area contributed by atoms with Gasteiger partial charge >= 0.3 is 0 Å². The zero-order chi connectivity index (χ0) is 14.6. The Balaban J connectivity index is 3.01. The van der Waals surface area contributed by atoms with E-state index in [1.807, 2.05) is 32.8 Å². The van der Waals surface area contributed by atoms with Crippen molar-refractivity contribution in [2.24, 2.45) is 5.73 Å². The van der Waals surface area contributed by atoms with E-state index < -0.39 is 10.0 Å². The van der Waals surface area contributed by atoms with E-state index in [9.17, 15) is 8.42 Å². The van der Waals surface area contributed by atoms with Gasteiger partial charge in [-0.25, -0.2) is 8.42 Å². The van der Waals surface area contributed by atoms with Crippen LogP contribution >= 0.6 is 0 Å². The maximum Gasteiger partial charge on any atom is 0.244 e. The summed E-state index contributed by atoms with van der Waals surface area (Å²) in [5, 5.41) is 0. The number of rotatable bonds is 7. The molecule has 6 nitrogen and oxygen atoms in total. The molecule has 19 heavy (non-hydrogen) atoms. The molecule has 3 N–H and O–H groups in total. The number of aromatic amines is 1. The molecule has 0 saturated carbocycles. The summed E-state index contributed by atoms with van der Waals surface area (Å²) in [7, 11) is 0.395. The highest BCUT2D eigenvalue weighted by molar-refractivity contribution is 7.89. The van der Waals surface area contributed by atoms with E-state index in [0.29, 0.717) is 19.6 Å². The van der Waals surface area contributed by atoms with E-state index >= 15 is 0 Å². The van der Waals surface area contributed by atoms with Gasteiger partial charge in [0.05, 0.1) is 4.90 Å². The topological polar surface area (TPSA) is 82.4 Å². The average Bonchev–Trinajstić information content (AvgIpc) is 2.77. The quantitative estimate of drug-likeness (QED) is 0.762. The Morgan fingerprint density at radius 2 is 2.05 bits per heavy atom. The highest BCUT2D eigenvalue weighted by atomic mass is 32.2. The first-order chi connectivity index (χ1) is 8.82. The summed E-state index contributed by atoms with van der Waals surface area (Å²) >= 11 is 0. The lowest BCUT2D eigenvalue weighted by Gasteiger charge is -2.28. The molecule has 110 valence electrons. The van der Waals surface area contributed by atoms with Gasteiger partial charge in [0.25, 0.3) is 0 Å². The summed E-state index contributed by atoms with van der Waals surface area (Å²) < 4.78 is 26.6. The van der Waals surface area contributed by atoms with Gasteiger partial charge in [-0.1, -0.05) is 6.92 Å². The van der Waals surface area contributed by atoms with E-state index in [-0.39, 0.29) is 10.9 Å². The van der Waals surface area contributed by atoms with Crippen LogP contribution in [0.2, 0.25) is 0 Å². The molecule has 1 aromatic heterocycles. The molecule has 0 aliphatic rings. The molecule has 1 atom stereocenters. The Labute approximate surface area is 115 Å². The number of nitrogens with one attached hydrogen (secondary N) is 1. The van der Waals surface area contributed by atoms with Crippen molar-refractivity contribution in [3.05, 3.63) is 18.0 Å². The van der Waals surface area contributed by atoms with E-state index in [1.165, 1.54) is 10.5 Å². The third kappa shape index (κ3) is 3.79. The lowest BCUT2D eigenvalue weighted by atomic mass is 10.3. The lowest BCUT2D eigenvalue weighted by molar-refractivity contribution is 0.271. The molecule has 0 amide bonds. The molecule has 0 fully saturated rings. The molecule has 0 aliphatic carbocycles. The first kappa shape index (κ1) is 16.2. The Bertz CT molecular complexity index is 496. The zero-order valence-electron chi connectivity index (χ0n) is 12.0. The van der Waals surface area contributed by atoms with Crippen LogP contribution in [0, 0.1) is 0 Å². The molecule has 0 saturated heterocycles. The van der Waals surface area contributed by atoms with Crippen LogP contribution in [0.4, 0.5) is 0 Å². The average molecular weight is 288 g/mol. The second-order valence-electron chi connectivity index (χ2n) is 4.88. The van der Waals surface area contributed by atoms with Gasteiger partial charge in [-0.05, 0) is 27.1 Å². The fourth-order valence-corrected chi connectivity index (χ4v) is 3.81. The Kier molecular flexibility index (Phi) is 5.54. The minimum Gasteiger partial charge on any atom is -0.363 e. The van der Waals surface area contributed by atoms with Gasteiger partial charge in [-0.15, -0.1) is 0 Å². The third-order valence-electron chi connectivity index (χ3n) is 2.98. The van der Waals surface area contributed by atoms with Crippen LogP contribution in [0.25, 0.3) is 0 Å². The summed E-state index contributed by atoms with van der Waals surface area (Å²) in [6.45, 7) is 5.19.